The number of thiophene rings is 1. The molecule has 33 heavy (non-hydrogen) atoms. The molecule has 0 radical (unpaired) electrons. The van der Waals surface area contributed by atoms with Crippen LogP contribution in [0.15, 0.2) is 84.4 Å². The standard InChI is InChI=1S/C24H15F3N4OS/c25-24(26,27)17-6-1-5-16(12-17)23(32)29-18-7-2-4-15(13-18)20-9-10-28-22-14-19(30-31(20)22)21-8-3-11-33-21/h1-14H,(H,29,32). The van der Waals surface area contributed by atoms with Crippen LogP contribution in [-0.2, 0) is 6.18 Å². The van der Waals surface area contributed by atoms with Crippen molar-refractivity contribution < 1.29 is 18.0 Å². The number of hydrogen-bond acceptors (Lipinski definition) is 4. The second kappa shape index (κ2) is 8.18. The van der Waals surface area contributed by atoms with Crippen molar-refractivity contribution in [2.75, 3.05) is 5.32 Å². The second-order valence-corrected chi connectivity index (χ2v) is 8.17. The van der Waals surface area contributed by atoms with Gasteiger partial charge in [-0.2, -0.15) is 18.3 Å². The molecule has 5 rings (SSSR count). The highest BCUT2D eigenvalue weighted by atomic mass is 32.1. The first kappa shape index (κ1) is 20.9. The number of nitrogens with zero attached hydrogens (tertiary/aromatic N) is 3. The maximum Gasteiger partial charge on any atom is 0.416 e. The summed E-state index contributed by atoms with van der Waals surface area (Å²) in [5, 5.41) is 9.32. The van der Waals surface area contributed by atoms with Gasteiger partial charge < -0.3 is 5.32 Å². The first-order chi connectivity index (χ1) is 15.9. The molecule has 5 nitrogen and oxygen atoms in total. The predicted octanol–water partition coefficient (Wildman–Crippen LogP) is 6.40. The molecule has 164 valence electrons. The fourth-order valence-corrected chi connectivity index (χ4v) is 4.14. The third-order valence-corrected chi connectivity index (χ3v) is 5.89. The number of hydrogen-bond donors (Lipinski definition) is 1. The monoisotopic (exact) mass is 464 g/mol. The van der Waals surface area contributed by atoms with E-state index in [2.05, 4.69) is 15.4 Å². The summed E-state index contributed by atoms with van der Waals surface area (Å²) in [6.45, 7) is 0. The number of aromatic nitrogens is 3. The summed E-state index contributed by atoms with van der Waals surface area (Å²) in [6.07, 6.45) is -2.84. The van der Waals surface area contributed by atoms with E-state index in [1.54, 1.807) is 40.2 Å². The van der Waals surface area contributed by atoms with Crippen LogP contribution in [0.3, 0.4) is 0 Å². The molecule has 9 heteroatoms. The van der Waals surface area contributed by atoms with Crippen molar-refractivity contribution in [3.8, 4) is 21.8 Å². The number of alkyl halides is 3. The number of carbonyl (C=O) groups is 1. The minimum Gasteiger partial charge on any atom is -0.322 e. The van der Waals surface area contributed by atoms with Gasteiger partial charge in [0, 0.05) is 29.1 Å². The van der Waals surface area contributed by atoms with E-state index >= 15 is 0 Å². The van der Waals surface area contributed by atoms with Gasteiger partial charge in [0.1, 0.15) is 5.69 Å². The van der Waals surface area contributed by atoms with E-state index in [4.69, 9.17) is 0 Å². The Kier molecular flexibility index (Phi) is 5.18. The minimum absolute atomic E-state index is 0.0748. The van der Waals surface area contributed by atoms with Gasteiger partial charge in [0.15, 0.2) is 5.65 Å². The molecule has 2 aromatic carbocycles. The van der Waals surface area contributed by atoms with Gasteiger partial charge >= 0.3 is 6.18 Å². The van der Waals surface area contributed by atoms with Crippen molar-refractivity contribution in [3.05, 3.63) is 95.5 Å². The molecular weight excluding hydrogens is 449 g/mol. The highest BCUT2D eigenvalue weighted by Crippen LogP contribution is 2.30. The zero-order valence-corrected chi connectivity index (χ0v) is 17.7. The van der Waals surface area contributed by atoms with Gasteiger partial charge in [0.25, 0.3) is 5.91 Å². The van der Waals surface area contributed by atoms with Crippen LogP contribution < -0.4 is 5.32 Å². The van der Waals surface area contributed by atoms with Crippen molar-refractivity contribution in [3.63, 3.8) is 0 Å². The summed E-state index contributed by atoms with van der Waals surface area (Å²) in [6, 6.07) is 19.0. The van der Waals surface area contributed by atoms with Crippen LogP contribution in [0.25, 0.3) is 27.5 Å². The Morgan fingerprint density at radius 2 is 1.82 bits per heavy atom. The number of nitrogens with one attached hydrogen (secondary N) is 1. The second-order valence-electron chi connectivity index (χ2n) is 7.22. The SMILES string of the molecule is O=C(Nc1cccc(-c2ccnc3cc(-c4cccs4)nn23)c1)c1cccc(C(F)(F)F)c1. The smallest absolute Gasteiger partial charge is 0.322 e. The van der Waals surface area contributed by atoms with E-state index in [-0.39, 0.29) is 5.56 Å². The first-order valence-electron chi connectivity index (χ1n) is 9.86. The van der Waals surface area contributed by atoms with Crippen LogP contribution >= 0.6 is 11.3 Å². The number of rotatable bonds is 4. The highest BCUT2D eigenvalue weighted by Gasteiger charge is 2.30. The van der Waals surface area contributed by atoms with Crippen LogP contribution in [0.4, 0.5) is 18.9 Å². The van der Waals surface area contributed by atoms with Crippen LogP contribution in [0.5, 0.6) is 0 Å². The summed E-state index contributed by atoms with van der Waals surface area (Å²) >= 11 is 1.58. The Balaban J connectivity index is 1.46. The zero-order valence-electron chi connectivity index (χ0n) is 16.9. The molecule has 0 saturated carbocycles. The fourth-order valence-electron chi connectivity index (χ4n) is 3.45. The third-order valence-electron chi connectivity index (χ3n) is 5.00. The molecule has 0 aliphatic carbocycles. The Bertz CT molecular complexity index is 1460. The van der Waals surface area contributed by atoms with E-state index in [1.807, 2.05) is 35.7 Å². The number of benzene rings is 2. The fraction of sp³-hybridized carbons (Fsp3) is 0.0417. The van der Waals surface area contributed by atoms with Gasteiger partial charge in [-0.05, 0) is 47.8 Å². The van der Waals surface area contributed by atoms with E-state index in [0.717, 1.165) is 34.0 Å². The zero-order chi connectivity index (χ0) is 23.0. The average Bonchev–Trinajstić information content (AvgIpc) is 3.48. The molecule has 0 aliphatic heterocycles. The summed E-state index contributed by atoms with van der Waals surface area (Å²) in [4.78, 5) is 18.0. The van der Waals surface area contributed by atoms with Crippen LogP contribution in [0.1, 0.15) is 15.9 Å². The quantitative estimate of drug-likeness (QED) is 0.335. The topological polar surface area (TPSA) is 59.3 Å². The maximum absolute atomic E-state index is 13.0. The van der Waals surface area contributed by atoms with E-state index in [0.29, 0.717) is 11.3 Å². The lowest BCUT2D eigenvalue weighted by atomic mass is 10.1. The van der Waals surface area contributed by atoms with Gasteiger partial charge in [-0.25, -0.2) is 9.50 Å². The minimum atomic E-state index is -4.52. The van der Waals surface area contributed by atoms with Gasteiger partial charge in [-0.3, -0.25) is 4.79 Å². The Morgan fingerprint density at radius 3 is 2.61 bits per heavy atom. The van der Waals surface area contributed by atoms with E-state index < -0.39 is 17.6 Å². The molecule has 0 spiro atoms. The number of carbonyl (C=O) groups excluding carboxylic acids is 1. The molecule has 0 unspecified atom stereocenters. The molecule has 5 aromatic rings. The molecule has 0 fully saturated rings. The molecular formula is C24H15F3N4OS. The molecule has 0 saturated heterocycles. The third kappa shape index (κ3) is 4.22. The van der Waals surface area contributed by atoms with Crippen LogP contribution in [0, 0.1) is 0 Å². The lowest BCUT2D eigenvalue weighted by molar-refractivity contribution is -0.137. The van der Waals surface area contributed by atoms with E-state index in [9.17, 15) is 18.0 Å². The molecule has 0 aliphatic rings. The molecule has 3 heterocycles. The summed E-state index contributed by atoms with van der Waals surface area (Å²) < 4.78 is 40.6. The summed E-state index contributed by atoms with van der Waals surface area (Å²) in [5.41, 5.74) is 2.51. The van der Waals surface area contributed by atoms with Gasteiger partial charge in [0.2, 0.25) is 0 Å². The lowest BCUT2D eigenvalue weighted by Crippen LogP contribution is -2.14. The number of amides is 1. The van der Waals surface area contributed by atoms with E-state index in [1.165, 1.54) is 12.1 Å². The van der Waals surface area contributed by atoms with Crippen molar-refractivity contribution in [1.29, 1.82) is 0 Å². The highest BCUT2D eigenvalue weighted by molar-refractivity contribution is 7.13. The maximum atomic E-state index is 13.0. The van der Waals surface area contributed by atoms with Crippen molar-refractivity contribution >= 4 is 28.6 Å². The number of fused-ring (bicyclic) bond motifs is 1. The molecule has 1 N–H and O–H groups in total. The van der Waals surface area contributed by atoms with Gasteiger partial charge in [-0.1, -0.05) is 24.3 Å². The largest absolute Gasteiger partial charge is 0.416 e. The van der Waals surface area contributed by atoms with Crippen molar-refractivity contribution in [1.82, 2.24) is 14.6 Å². The Hall–Kier alpha value is -3.98. The summed E-state index contributed by atoms with van der Waals surface area (Å²) in [7, 11) is 0. The molecule has 0 atom stereocenters. The Labute approximate surface area is 190 Å². The molecule has 0 bridgehead atoms. The number of anilines is 1. The molecule has 3 aromatic heterocycles. The van der Waals surface area contributed by atoms with Gasteiger partial charge in [-0.15, -0.1) is 11.3 Å². The first-order valence-corrected chi connectivity index (χ1v) is 10.7. The summed E-state index contributed by atoms with van der Waals surface area (Å²) in [5.74, 6) is -0.628. The van der Waals surface area contributed by atoms with Crippen molar-refractivity contribution in [2.24, 2.45) is 0 Å². The Morgan fingerprint density at radius 1 is 0.970 bits per heavy atom. The predicted molar refractivity (Wildman–Crippen MR) is 121 cm³/mol. The lowest BCUT2D eigenvalue weighted by Gasteiger charge is -2.11. The average molecular weight is 464 g/mol. The van der Waals surface area contributed by atoms with Crippen LogP contribution in [0.2, 0.25) is 0 Å². The molecule has 1 amide bonds. The van der Waals surface area contributed by atoms with Crippen molar-refractivity contribution in [2.45, 2.75) is 6.18 Å². The van der Waals surface area contributed by atoms with Crippen LogP contribution in [-0.4, -0.2) is 20.5 Å². The normalized spacial score (nSPS) is 11.6. The van der Waals surface area contributed by atoms with Gasteiger partial charge in [0.05, 0.1) is 16.1 Å². The number of halogens is 3.